The molecule has 2 rings (SSSR count). The SMILES string of the molecule is CC(C)C(=O)Cc1cccc(O[C@H]2C[C@H](NSS)C2)c1. The van der Waals surface area contributed by atoms with Gasteiger partial charge in [0.1, 0.15) is 17.6 Å². The van der Waals surface area contributed by atoms with Crippen molar-refractivity contribution >= 4 is 28.4 Å². The highest BCUT2D eigenvalue weighted by Gasteiger charge is 2.30. The molecule has 3 nitrogen and oxygen atoms in total. The molecule has 1 N–H and O–H groups in total. The molecular weight excluding hydrogens is 290 g/mol. The molecule has 0 spiro atoms. The Morgan fingerprint density at radius 3 is 2.90 bits per heavy atom. The molecule has 0 aliphatic heterocycles. The van der Waals surface area contributed by atoms with Crippen LogP contribution in [0.3, 0.4) is 0 Å². The van der Waals surface area contributed by atoms with Gasteiger partial charge >= 0.3 is 0 Å². The second-order valence-corrected chi connectivity index (χ2v) is 6.53. The van der Waals surface area contributed by atoms with Gasteiger partial charge in [-0.3, -0.25) is 9.52 Å². The van der Waals surface area contributed by atoms with Crippen LogP contribution in [0.4, 0.5) is 0 Å². The van der Waals surface area contributed by atoms with Gasteiger partial charge in [-0.25, -0.2) is 0 Å². The van der Waals surface area contributed by atoms with Crippen LogP contribution in [0.5, 0.6) is 5.75 Å². The summed E-state index contributed by atoms with van der Waals surface area (Å²) in [6.07, 6.45) is 2.76. The highest BCUT2D eigenvalue weighted by molar-refractivity contribution is 8.67. The number of ketones is 1. The summed E-state index contributed by atoms with van der Waals surface area (Å²) in [7, 11) is 1.36. The molecule has 0 unspecified atom stereocenters. The van der Waals surface area contributed by atoms with Crippen molar-refractivity contribution < 1.29 is 9.53 Å². The number of nitrogens with one attached hydrogen (secondary N) is 1. The van der Waals surface area contributed by atoms with E-state index in [1.54, 1.807) is 0 Å². The van der Waals surface area contributed by atoms with Crippen LogP contribution in [-0.4, -0.2) is 17.9 Å². The zero-order valence-corrected chi connectivity index (χ0v) is 13.5. The number of ether oxygens (including phenoxy) is 1. The van der Waals surface area contributed by atoms with Crippen LogP contribution in [0.15, 0.2) is 24.3 Å². The van der Waals surface area contributed by atoms with Gasteiger partial charge < -0.3 is 4.74 Å². The van der Waals surface area contributed by atoms with Gasteiger partial charge in [-0.15, -0.1) is 0 Å². The van der Waals surface area contributed by atoms with E-state index in [0.29, 0.717) is 12.5 Å². The van der Waals surface area contributed by atoms with Crippen molar-refractivity contribution in [2.24, 2.45) is 5.92 Å². The van der Waals surface area contributed by atoms with Crippen molar-refractivity contribution in [2.75, 3.05) is 0 Å². The number of hydrogen-bond acceptors (Lipinski definition) is 5. The minimum atomic E-state index is 0.0803. The Balaban J connectivity index is 1.86. The summed E-state index contributed by atoms with van der Waals surface area (Å²) in [6.45, 7) is 3.87. The summed E-state index contributed by atoms with van der Waals surface area (Å²) < 4.78 is 9.13. The van der Waals surface area contributed by atoms with Crippen molar-refractivity contribution in [3.63, 3.8) is 0 Å². The van der Waals surface area contributed by atoms with Gasteiger partial charge in [0.25, 0.3) is 0 Å². The average Bonchev–Trinajstić information content (AvgIpc) is 2.36. The van der Waals surface area contributed by atoms with Gasteiger partial charge in [0.2, 0.25) is 0 Å². The Hall–Kier alpha value is -0.650. The van der Waals surface area contributed by atoms with E-state index in [9.17, 15) is 4.79 Å². The van der Waals surface area contributed by atoms with Crippen molar-refractivity contribution in [1.82, 2.24) is 4.72 Å². The first-order valence-electron chi connectivity index (χ1n) is 6.92. The fourth-order valence-corrected chi connectivity index (χ4v) is 2.95. The van der Waals surface area contributed by atoms with Crippen molar-refractivity contribution in [3.8, 4) is 5.75 Å². The van der Waals surface area contributed by atoms with E-state index in [-0.39, 0.29) is 17.8 Å². The highest BCUT2D eigenvalue weighted by atomic mass is 33.1. The van der Waals surface area contributed by atoms with Crippen LogP contribution in [0.2, 0.25) is 0 Å². The Kier molecular flexibility index (Phi) is 5.81. The minimum absolute atomic E-state index is 0.0803. The summed E-state index contributed by atoms with van der Waals surface area (Å²) in [5.41, 5.74) is 1.03. The first-order valence-corrected chi connectivity index (χ1v) is 8.79. The summed E-state index contributed by atoms with van der Waals surface area (Å²) in [4.78, 5) is 11.8. The van der Waals surface area contributed by atoms with E-state index in [1.807, 2.05) is 38.1 Å². The second-order valence-electron chi connectivity index (χ2n) is 5.56. The van der Waals surface area contributed by atoms with Gasteiger partial charge in [-0.05, 0) is 28.7 Å². The summed E-state index contributed by atoms with van der Waals surface area (Å²) in [5, 5.41) is 0. The normalized spacial score (nSPS) is 21.6. The van der Waals surface area contributed by atoms with E-state index < -0.39 is 0 Å². The summed E-state index contributed by atoms with van der Waals surface area (Å²) >= 11 is 4.07. The van der Waals surface area contributed by atoms with E-state index in [2.05, 4.69) is 16.4 Å². The van der Waals surface area contributed by atoms with Crippen LogP contribution < -0.4 is 9.46 Å². The van der Waals surface area contributed by atoms with E-state index in [4.69, 9.17) is 4.74 Å². The van der Waals surface area contributed by atoms with Crippen LogP contribution in [0, 0.1) is 5.92 Å². The molecule has 1 fully saturated rings. The van der Waals surface area contributed by atoms with Crippen molar-refractivity contribution in [2.45, 2.75) is 45.3 Å². The Labute approximate surface area is 129 Å². The molecule has 0 radical (unpaired) electrons. The molecule has 110 valence electrons. The number of hydrogen-bond donors (Lipinski definition) is 2. The smallest absolute Gasteiger partial charge is 0.139 e. The molecule has 0 bridgehead atoms. The number of thiol groups is 1. The van der Waals surface area contributed by atoms with E-state index in [0.717, 1.165) is 24.2 Å². The Morgan fingerprint density at radius 1 is 1.50 bits per heavy atom. The maximum Gasteiger partial charge on any atom is 0.139 e. The molecule has 5 heteroatoms. The zero-order valence-electron chi connectivity index (χ0n) is 11.8. The number of rotatable bonds is 7. The fourth-order valence-electron chi connectivity index (χ4n) is 2.16. The standard InChI is InChI=1S/C15H21NO2S2/c1-10(2)15(17)7-11-4-3-5-13(6-11)18-14-8-12(9-14)16-20-19/h3-6,10,12,14,16,19H,7-9H2,1-2H3/t12-,14-. The molecule has 1 aromatic rings. The van der Waals surface area contributed by atoms with Crippen LogP contribution in [0.25, 0.3) is 0 Å². The second kappa shape index (κ2) is 7.38. The predicted octanol–water partition coefficient (Wildman–Crippen LogP) is 3.45. The topological polar surface area (TPSA) is 38.3 Å². The molecule has 0 aromatic heterocycles. The third-order valence-electron chi connectivity index (χ3n) is 3.54. The quantitative estimate of drug-likeness (QED) is 0.459. The maximum atomic E-state index is 11.8. The molecule has 0 saturated heterocycles. The number of Topliss-reactive ketones (excluding diaryl/α,β-unsaturated/α-hetero) is 1. The predicted molar refractivity (Wildman–Crippen MR) is 87.1 cm³/mol. The monoisotopic (exact) mass is 311 g/mol. The van der Waals surface area contributed by atoms with Gasteiger partial charge in [-0.1, -0.05) is 37.6 Å². The van der Waals surface area contributed by atoms with Crippen molar-refractivity contribution in [3.05, 3.63) is 29.8 Å². The molecule has 0 heterocycles. The molecule has 0 amide bonds. The average molecular weight is 311 g/mol. The summed E-state index contributed by atoms with van der Waals surface area (Å²) in [6, 6.07) is 8.37. The number of carbonyl (C=O) groups excluding carboxylic acids is 1. The van der Waals surface area contributed by atoms with Crippen LogP contribution in [0.1, 0.15) is 32.3 Å². The lowest BCUT2D eigenvalue weighted by atomic mass is 9.90. The third-order valence-corrected chi connectivity index (χ3v) is 4.29. The van der Waals surface area contributed by atoms with Crippen LogP contribution in [-0.2, 0) is 11.2 Å². The van der Waals surface area contributed by atoms with Gasteiger partial charge in [-0.2, -0.15) is 0 Å². The summed E-state index contributed by atoms with van der Waals surface area (Å²) in [5.74, 6) is 1.21. The zero-order chi connectivity index (χ0) is 14.5. The number of benzene rings is 1. The van der Waals surface area contributed by atoms with Gasteiger partial charge in [0.05, 0.1) is 0 Å². The maximum absolute atomic E-state index is 11.8. The first-order chi connectivity index (χ1) is 9.58. The molecule has 1 aromatic carbocycles. The Bertz CT molecular complexity index is 459. The first kappa shape index (κ1) is 15.7. The van der Waals surface area contributed by atoms with E-state index in [1.165, 1.54) is 11.0 Å². The third kappa shape index (κ3) is 4.43. The molecule has 1 aliphatic carbocycles. The molecular formula is C15H21NO2S2. The van der Waals surface area contributed by atoms with Crippen molar-refractivity contribution in [1.29, 1.82) is 0 Å². The van der Waals surface area contributed by atoms with Crippen LogP contribution >= 0.6 is 22.6 Å². The largest absolute Gasteiger partial charge is 0.490 e. The van der Waals surface area contributed by atoms with Gasteiger partial charge in [0, 0.05) is 31.2 Å². The lowest BCUT2D eigenvalue weighted by Crippen LogP contribution is -2.44. The fraction of sp³-hybridized carbons (Fsp3) is 0.533. The molecule has 1 saturated carbocycles. The van der Waals surface area contributed by atoms with E-state index >= 15 is 0 Å². The minimum Gasteiger partial charge on any atom is -0.490 e. The Morgan fingerprint density at radius 2 is 2.25 bits per heavy atom. The van der Waals surface area contributed by atoms with Gasteiger partial charge in [0.15, 0.2) is 0 Å². The lowest BCUT2D eigenvalue weighted by Gasteiger charge is -2.35. The molecule has 20 heavy (non-hydrogen) atoms. The number of carbonyl (C=O) groups is 1. The highest BCUT2D eigenvalue weighted by Crippen LogP contribution is 2.28. The lowest BCUT2D eigenvalue weighted by molar-refractivity contribution is -0.121. The molecule has 0 atom stereocenters. The molecule has 1 aliphatic rings.